The summed E-state index contributed by atoms with van der Waals surface area (Å²) in [5.74, 6) is 1.21. The highest BCUT2D eigenvalue weighted by Gasteiger charge is 2.27. The van der Waals surface area contributed by atoms with Gasteiger partial charge >= 0.3 is 0 Å². The van der Waals surface area contributed by atoms with Crippen molar-refractivity contribution in [2.45, 2.75) is 11.7 Å². The van der Waals surface area contributed by atoms with Crippen LogP contribution in [0.15, 0.2) is 11.4 Å². The number of aryl methyl sites for hydroxylation is 1. The van der Waals surface area contributed by atoms with Gasteiger partial charge in [-0.1, -0.05) is 0 Å². The molecule has 0 bridgehead atoms. The quantitative estimate of drug-likeness (QED) is 0.832. The molecular formula is C11H17ClN2OS2. The van der Waals surface area contributed by atoms with Gasteiger partial charge in [-0.15, -0.1) is 35.5 Å². The Morgan fingerprint density at radius 1 is 1.53 bits per heavy atom. The Balaban J connectivity index is 0.00000144. The van der Waals surface area contributed by atoms with Crippen molar-refractivity contribution in [2.24, 2.45) is 0 Å². The predicted molar refractivity (Wildman–Crippen MR) is 77.4 cm³/mol. The number of nitrogens with one attached hydrogen (secondary N) is 2. The van der Waals surface area contributed by atoms with Crippen molar-refractivity contribution >= 4 is 41.4 Å². The highest BCUT2D eigenvalue weighted by Crippen LogP contribution is 2.39. The van der Waals surface area contributed by atoms with Crippen molar-refractivity contribution in [3.63, 3.8) is 0 Å². The van der Waals surface area contributed by atoms with E-state index in [1.54, 1.807) is 23.1 Å². The second kappa shape index (κ2) is 7.26. The number of fused-ring (bicyclic) bond motifs is 1. The molecule has 0 aliphatic carbocycles. The molecule has 96 valence electrons. The maximum atomic E-state index is 12.0. The standard InChI is InChI=1S/C11H16N2OS2.ClH/c1-12-4-5-13-11(14)10-8-2-6-15-9(8)3-7-16-10;/h2,6,10,12H,3-5,7H2,1H3,(H,13,14);1H. The average Bonchev–Trinajstić information content (AvgIpc) is 2.76. The van der Waals surface area contributed by atoms with Crippen LogP contribution in [0, 0.1) is 0 Å². The minimum atomic E-state index is 0. The van der Waals surface area contributed by atoms with E-state index in [1.807, 2.05) is 7.05 Å². The van der Waals surface area contributed by atoms with Crippen LogP contribution in [-0.4, -0.2) is 31.8 Å². The summed E-state index contributed by atoms with van der Waals surface area (Å²) in [4.78, 5) is 13.4. The minimum absolute atomic E-state index is 0. The van der Waals surface area contributed by atoms with Gasteiger partial charge in [0.2, 0.25) is 5.91 Å². The SMILES string of the molecule is CNCCNC(=O)C1SCCc2sccc21.Cl. The van der Waals surface area contributed by atoms with Gasteiger partial charge in [0.25, 0.3) is 0 Å². The van der Waals surface area contributed by atoms with E-state index in [1.165, 1.54) is 10.4 Å². The van der Waals surface area contributed by atoms with E-state index < -0.39 is 0 Å². The molecule has 0 radical (unpaired) electrons. The van der Waals surface area contributed by atoms with Crippen LogP contribution in [0.3, 0.4) is 0 Å². The summed E-state index contributed by atoms with van der Waals surface area (Å²) in [5, 5.41) is 8.08. The lowest BCUT2D eigenvalue weighted by atomic mass is 10.1. The number of carbonyl (C=O) groups excluding carboxylic acids is 1. The molecule has 17 heavy (non-hydrogen) atoms. The molecule has 1 aliphatic rings. The van der Waals surface area contributed by atoms with Crippen molar-refractivity contribution in [1.82, 2.24) is 10.6 Å². The lowest BCUT2D eigenvalue weighted by molar-refractivity contribution is -0.120. The number of carbonyl (C=O) groups is 1. The maximum absolute atomic E-state index is 12.0. The summed E-state index contributed by atoms with van der Waals surface area (Å²) in [5.41, 5.74) is 1.23. The van der Waals surface area contributed by atoms with Gasteiger partial charge in [-0.25, -0.2) is 0 Å². The molecule has 1 aromatic rings. The Labute approximate surface area is 116 Å². The number of likely N-dealkylation sites (N-methyl/N-ethyl adjacent to an activating group) is 1. The highest BCUT2D eigenvalue weighted by molar-refractivity contribution is 8.00. The average molecular weight is 293 g/mol. The molecule has 6 heteroatoms. The molecule has 0 saturated heterocycles. The third kappa shape index (κ3) is 3.61. The van der Waals surface area contributed by atoms with Gasteiger partial charge < -0.3 is 10.6 Å². The summed E-state index contributed by atoms with van der Waals surface area (Å²) in [6.45, 7) is 1.52. The first-order chi connectivity index (χ1) is 7.83. The van der Waals surface area contributed by atoms with Crippen molar-refractivity contribution in [3.8, 4) is 0 Å². The molecule has 0 spiro atoms. The van der Waals surface area contributed by atoms with E-state index in [2.05, 4.69) is 22.1 Å². The van der Waals surface area contributed by atoms with Crippen LogP contribution >= 0.6 is 35.5 Å². The van der Waals surface area contributed by atoms with Crippen molar-refractivity contribution in [1.29, 1.82) is 0 Å². The van der Waals surface area contributed by atoms with E-state index in [4.69, 9.17) is 0 Å². The van der Waals surface area contributed by atoms with E-state index in [-0.39, 0.29) is 23.6 Å². The van der Waals surface area contributed by atoms with E-state index >= 15 is 0 Å². The Hall–Kier alpha value is -0.230. The molecule has 1 unspecified atom stereocenters. The van der Waals surface area contributed by atoms with E-state index in [0.717, 1.165) is 18.7 Å². The Bertz CT molecular complexity index is 370. The normalized spacial score (nSPS) is 18.1. The lowest BCUT2D eigenvalue weighted by Crippen LogP contribution is -2.34. The monoisotopic (exact) mass is 292 g/mol. The van der Waals surface area contributed by atoms with Crippen LogP contribution in [0.4, 0.5) is 0 Å². The molecule has 1 aromatic heterocycles. The van der Waals surface area contributed by atoms with Gasteiger partial charge in [0, 0.05) is 18.0 Å². The van der Waals surface area contributed by atoms with Gasteiger partial charge in [-0.3, -0.25) is 4.79 Å². The third-order valence-corrected chi connectivity index (χ3v) is 4.83. The van der Waals surface area contributed by atoms with Crippen molar-refractivity contribution in [3.05, 3.63) is 21.9 Å². The highest BCUT2D eigenvalue weighted by atomic mass is 35.5. The number of thiophene rings is 1. The molecule has 0 saturated carbocycles. The van der Waals surface area contributed by atoms with E-state index in [9.17, 15) is 4.79 Å². The molecule has 0 aromatic carbocycles. The van der Waals surface area contributed by atoms with Gasteiger partial charge in [-0.2, -0.15) is 0 Å². The number of hydrogen-bond acceptors (Lipinski definition) is 4. The first-order valence-corrected chi connectivity index (χ1v) is 7.36. The summed E-state index contributed by atoms with van der Waals surface area (Å²) < 4.78 is 0. The third-order valence-electron chi connectivity index (χ3n) is 2.59. The summed E-state index contributed by atoms with van der Waals surface area (Å²) in [7, 11) is 1.89. The topological polar surface area (TPSA) is 41.1 Å². The minimum Gasteiger partial charge on any atom is -0.354 e. The molecule has 3 nitrogen and oxygen atoms in total. The fourth-order valence-corrected chi connectivity index (χ4v) is 4.08. The molecular weight excluding hydrogens is 276 g/mol. The zero-order chi connectivity index (χ0) is 11.4. The molecule has 1 aliphatic heterocycles. The van der Waals surface area contributed by atoms with Crippen molar-refractivity contribution in [2.75, 3.05) is 25.9 Å². The summed E-state index contributed by atoms with van der Waals surface area (Å²) in [6, 6.07) is 2.09. The number of halogens is 1. The zero-order valence-corrected chi connectivity index (χ0v) is 12.1. The Kier molecular flexibility index (Phi) is 6.33. The van der Waals surface area contributed by atoms with E-state index in [0.29, 0.717) is 6.54 Å². The first kappa shape index (κ1) is 14.8. The second-order valence-electron chi connectivity index (χ2n) is 3.69. The van der Waals surface area contributed by atoms with Gasteiger partial charge in [0.1, 0.15) is 5.25 Å². The molecule has 1 amide bonds. The largest absolute Gasteiger partial charge is 0.354 e. The van der Waals surface area contributed by atoms with Gasteiger partial charge in [-0.05, 0) is 36.2 Å². The molecule has 2 N–H and O–H groups in total. The van der Waals surface area contributed by atoms with Gasteiger partial charge in [0.05, 0.1) is 0 Å². The molecule has 2 heterocycles. The second-order valence-corrected chi connectivity index (χ2v) is 5.91. The zero-order valence-electron chi connectivity index (χ0n) is 9.69. The smallest absolute Gasteiger partial charge is 0.237 e. The Morgan fingerprint density at radius 3 is 3.12 bits per heavy atom. The number of hydrogen-bond donors (Lipinski definition) is 2. The number of rotatable bonds is 4. The first-order valence-electron chi connectivity index (χ1n) is 5.43. The maximum Gasteiger partial charge on any atom is 0.237 e. The fourth-order valence-electron chi connectivity index (χ4n) is 1.77. The van der Waals surface area contributed by atoms with Crippen molar-refractivity contribution < 1.29 is 4.79 Å². The molecule has 2 rings (SSSR count). The van der Waals surface area contributed by atoms with Crippen LogP contribution in [0.2, 0.25) is 0 Å². The Morgan fingerprint density at radius 2 is 2.35 bits per heavy atom. The molecule has 1 atom stereocenters. The number of thioether (sulfide) groups is 1. The van der Waals surface area contributed by atoms with Crippen LogP contribution in [0.1, 0.15) is 15.7 Å². The number of amides is 1. The van der Waals surface area contributed by atoms with Crippen LogP contribution < -0.4 is 10.6 Å². The van der Waals surface area contributed by atoms with Gasteiger partial charge in [0.15, 0.2) is 0 Å². The van der Waals surface area contributed by atoms with Crippen LogP contribution in [0.5, 0.6) is 0 Å². The van der Waals surface area contributed by atoms with Crippen LogP contribution in [-0.2, 0) is 11.2 Å². The fraction of sp³-hybridized carbons (Fsp3) is 0.545. The molecule has 0 fully saturated rings. The summed E-state index contributed by atoms with van der Waals surface area (Å²) >= 11 is 3.52. The lowest BCUT2D eigenvalue weighted by Gasteiger charge is -2.21. The summed E-state index contributed by atoms with van der Waals surface area (Å²) in [6.07, 6.45) is 1.11. The van der Waals surface area contributed by atoms with Crippen LogP contribution in [0.25, 0.3) is 0 Å². The predicted octanol–water partition coefficient (Wildman–Crippen LogP) is 1.84.